The molecular formula is C10H16N2O. The Morgan fingerprint density at radius 1 is 1.69 bits per heavy atom. The largest absolute Gasteiger partial charge is 0.445 e. The Kier molecular flexibility index (Phi) is 3.71. The van der Waals surface area contributed by atoms with E-state index in [0.717, 1.165) is 24.6 Å². The highest BCUT2D eigenvalue weighted by Gasteiger charge is 1.98. The van der Waals surface area contributed by atoms with E-state index in [2.05, 4.69) is 16.9 Å². The Bertz CT molecular complexity index is 278. The summed E-state index contributed by atoms with van der Waals surface area (Å²) < 4.78 is 5.29. The maximum absolute atomic E-state index is 5.29. The van der Waals surface area contributed by atoms with Gasteiger partial charge in [0.2, 0.25) is 5.89 Å². The van der Waals surface area contributed by atoms with Gasteiger partial charge in [0.05, 0.1) is 12.7 Å². The molecule has 3 heteroatoms. The van der Waals surface area contributed by atoms with E-state index in [4.69, 9.17) is 4.42 Å². The molecule has 72 valence electrons. The molecule has 3 nitrogen and oxygen atoms in total. The Morgan fingerprint density at radius 2 is 2.46 bits per heavy atom. The molecule has 1 heterocycles. The molecule has 1 aromatic rings. The van der Waals surface area contributed by atoms with E-state index < -0.39 is 0 Å². The normalized spacial score (nSPS) is 10.3. The first-order chi connectivity index (χ1) is 6.18. The fraction of sp³-hybridized carbons (Fsp3) is 0.500. The van der Waals surface area contributed by atoms with E-state index >= 15 is 0 Å². The van der Waals surface area contributed by atoms with Crippen LogP contribution in [0.2, 0.25) is 0 Å². The van der Waals surface area contributed by atoms with E-state index in [1.165, 1.54) is 5.57 Å². The van der Waals surface area contributed by atoms with Crippen LogP contribution in [0.4, 0.5) is 0 Å². The quantitative estimate of drug-likeness (QED) is 0.556. The molecule has 1 rings (SSSR count). The number of rotatable bonds is 5. The summed E-state index contributed by atoms with van der Waals surface area (Å²) >= 11 is 0. The van der Waals surface area contributed by atoms with Gasteiger partial charge in [-0.05, 0) is 26.8 Å². The predicted molar refractivity (Wildman–Crippen MR) is 52.4 cm³/mol. The van der Waals surface area contributed by atoms with Crippen LogP contribution in [0.3, 0.4) is 0 Å². The van der Waals surface area contributed by atoms with E-state index in [1.54, 1.807) is 6.20 Å². The van der Waals surface area contributed by atoms with Gasteiger partial charge in [-0.15, -0.1) is 6.58 Å². The number of aryl methyl sites for hydroxylation is 1. The smallest absolute Gasteiger partial charge is 0.208 e. The molecule has 0 atom stereocenters. The molecule has 0 amide bonds. The van der Waals surface area contributed by atoms with Gasteiger partial charge in [0, 0.05) is 0 Å². The zero-order valence-electron chi connectivity index (χ0n) is 8.26. The van der Waals surface area contributed by atoms with Crippen molar-refractivity contribution in [2.45, 2.75) is 26.8 Å². The van der Waals surface area contributed by atoms with Crippen molar-refractivity contribution in [1.82, 2.24) is 10.3 Å². The van der Waals surface area contributed by atoms with Gasteiger partial charge in [0.15, 0.2) is 0 Å². The maximum atomic E-state index is 5.29. The minimum atomic E-state index is 0.696. The molecule has 0 aromatic carbocycles. The summed E-state index contributed by atoms with van der Waals surface area (Å²) in [5.41, 5.74) is 1.19. The Labute approximate surface area is 78.9 Å². The summed E-state index contributed by atoms with van der Waals surface area (Å²) in [7, 11) is 0. The first-order valence-corrected chi connectivity index (χ1v) is 4.45. The monoisotopic (exact) mass is 180 g/mol. The van der Waals surface area contributed by atoms with Gasteiger partial charge in [-0.1, -0.05) is 5.57 Å². The van der Waals surface area contributed by atoms with Gasteiger partial charge < -0.3 is 9.73 Å². The highest BCUT2D eigenvalue weighted by Crippen LogP contribution is 2.00. The molecular weight excluding hydrogens is 164 g/mol. The predicted octanol–water partition coefficient (Wildman–Crippen LogP) is 2.04. The second-order valence-corrected chi connectivity index (χ2v) is 3.25. The van der Waals surface area contributed by atoms with Crippen molar-refractivity contribution >= 4 is 0 Å². The molecule has 1 aromatic heterocycles. The topological polar surface area (TPSA) is 38.1 Å². The van der Waals surface area contributed by atoms with Gasteiger partial charge in [-0.25, -0.2) is 4.98 Å². The van der Waals surface area contributed by atoms with Crippen molar-refractivity contribution in [2.75, 3.05) is 6.54 Å². The summed E-state index contributed by atoms with van der Waals surface area (Å²) in [6, 6.07) is 0. The second kappa shape index (κ2) is 4.82. The molecule has 0 saturated carbocycles. The van der Waals surface area contributed by atoms with E-state index in [-0.39, 0.29) is 0 Å². The third kappa shape index (κ3) is 3.90. The standard InChI is InChI=1S/C10H16N2O/c1-8(2)4-5-11-7-10-12-6-9(3)13-10/h6,11H,1,4-5,7H2,2-3H3. The van der Waals surface area contributed by atoms with Crippen molar-refractivity contribution < 1.29 is 4.42 Å². The van der Waals surface area contributed by atoms with Gasteiger partial charge in [-0.3, -0.25) is 0 Å². The van der Waals surface area contributed by atoms with Crippen LogP contribution in [0, 0.1) is 6.92 Å². The molecule has 13 heavy (non-hydrogen) atoms. The number of oxazole rings is 1. The number of aromatic nitrogens is 1. The van der Waals surface area contributed by atoms with Crippen LogP contribution in [-0.4, -0.2) is 11.5 Å². The van der Waals surface area contributed by atoms with Crippen molar-refractivity contribution in [3.63, 3.8) is 0 Å². The summed E-state index contributed by atoms with van der Waals surface area (Å²) in [6.07, 6.45) is 2.73. The van der Waals surface area contributed by atoms with Crippen LogP contribution in [0.5, 0.6) is 0 Å². The van der Waals surface area contributed by atoms with E-state index in [1.807, 2.05) is 13.8 Å². The molecule has 0 aliphatic carbocycles. The average Bonchev–Trinajstić information content (AvgIpc) is 2.45. The third-order valence-electron chi connectivity index (χ3n) is 1.67. The fourth-order valence-corrected chi connectivity index (χ4v) is 0.980. The fourth-order valence-electron chi connectivity index (χ4n) is 0.980. The van der Waals surface area contributed by atoms with Gasteiger partial charge in [-0.2, -0.15) is 0 Å². The van der Waals surface area contributed by atoms with E-state index in [9.17, 15) is 0 Å². The summed E-state index contributed by atoms with van der Waals surface area (Å²) in [6.45, 7) is 9.37. The molecule has 0 bridgehead atoms. The molecule has 0 aliphatic heterocycles. The van der Waals surface area contributed by atoms with Crippen molar-refractivity contribution in [2.24, 2.45) is 0 Å². The Hall–Kier alpha value is -1.09. The Balaban J connectivity index is 2.16. The average molecular weight is 180 g/mol. The molecule has 1 N–H and O–H groups in total. The van der Waals surface area contributed by atoms with Crippen molar-refractivity contribution in [3.8, 4) is 0 Å². The lowest BCUT2D eigenvalue weighted by molar-refractivity contribution is 0.450. The molecule has 0 saturated heterocycles. The van der Waals surface area contributed by atoms with Crippen LogP contribution < -0.4 is 5.32 Å². The summed E-state index contributed by atoms with van der Waals surface area (Å²) in [4.78, 5) is 4.08. The molecule has 0 unspecified atom stereocenters. The SMILES string of the molecule is C=C(C)CCNCc1ncc(C)o1. The number of nitrogens with zero attached hydrogens (tertiary/aromatic N) is 1. The lowest BCUT2D eigenvalue weighted by Gasteiger charge is -2.00. The summed E-state index contributed by atoms with van der Waals surface area (Å²) in [5, 5.41) is 3.23. The molecule has 0 radical (unpaired) electrons. The molecule has 0 aliphatic rings. The lowest BCUT2D eigenvalue weighted by Crippen LogP contribution is -2.14. The number of hydrogen-bond acceptors (Lipinski definition) is 3. The van der Waals surface area contributed by atoms with Gasteiger partial charge in [0.25, 0.3) is 0 Å². The van der Waals surface area contributed by atoms with Crippen LogP contribution in [-0.2, 0) is 6.54 Å². The van der Waals surface area contributed by atoms with E-state index in [0.29, 0.717) is 6.54 Å². The first-order valence-electron chi connectivity index (χ1n) is 4.45. The highest BCUT2D eigenvalue weighted by atomic mass is 16.4. The lowest BCUT2D eigenvalue weighted by atomic mass is 10.2. The maximum Gasteiger partial charge on any atom is 0.208 e. The second-order valence-electron chi connectivity index (χ2n) is 3.25. The van der Waals surface area contributed by atoms with Crippen molar-refractivity contribution in [3.05, 3.63) is 30.0 Å². The number of hydrogen-bond donors (Lipinski definition) is 1. The van der Waals surface area contributed by atoms with Crippen LogP contribution in [0.15, 0.2) is 22.8 Å². The number of nitrogens with one attached hydrogen (secondary N) is 1. The Morgan fingerprint density at radius 3 is 3.00 bits per heavy atom. The van der Waals surface area contributed by atoms with Gasteiger partial charge in [0.1, 0.15) is 5.76 Å². The first kappa shape index (κ1) is 9.99. The summed E-state index contributed by atoms with van der Waals surface area (Å²) in [5.74, 6) is 1.61. The van der Waals surface area contributed by atoms with Crippen LogP contribution >= 0.6 is 0 Å². The zero-order chi connectivity index (χ0) is 9.68. The minimum Gasteiger partial charge on any atom is -0.445 e. The molecule has 0 fully saturated rings. The zero-order valence-corrected chi connectivity index (χ0v) is 8.26. The molecule has 0 spiro atoms. The highest BCUT2D eigenvalue weighted by molar-refractivity contribution is 4.91. The minimum absolute atomic E-state index is 0.696. The van der Waals surface area contributed by atoms with Gasteiger partial charge >= 0.3 is 0 Å². The van der Waals surface area contributed by atoms with Crippen LogP contribution in [0.1, 0.15) is 25.0 Å². The third-order valence-corrected chi connectivity index (χ3v) is 1.67. The van der Waals surface area contributed by atoms with Crippen molar-refractivity contribution in [1.29, 1.82) is 0 Å². The van der Waals surface area contributed by atoms with Crippen LogP contribution in [0.25, 0.3) is 0 Å².